The van der Waals surface area contributed by atoms with Gasteiger partial charge >= 0.3 is 0 Å². The molecule has 2 aliphatic heterocycles. The van der Waals surface area contributed by atoms with Gasteiger partial charge in [0, 0.05) is 26.6 Å². The number of ether oxygens (including phenoxy) is 4. The monoisotopic (exact) mass is 198 g/mol. The molecule has 0 N–H and O–H groups in total. The van der Waals surface area contributed by atoms with Gasteiger partial charge in [-0.25, -0.2) is 0 Å². The lowest BCUT2D eigenvalue weighted by Crippen LogP contribution is -2.52. The van der Waals surface area contributed by atoms with Crippen molar-refractivity contribution in [1.82, 2.24) is 0 Å². The molecule has 2 saturated heterocycles. The molecule has 4 atom stereocenters. The normalized spacial score (nSPS) is 46.9. The first kappa shape index (κ1) is 10.4. The number of fused-ring (bicyclic) bond motifs is 2. The minimum atomic E-state index is -0.411. The molecule has 2 aliphatic rings. The smallest absolute Gasteiger partial charge is 0.122 e. The van der Waals surface area contributed by atoms with Crippen LogP contribution in [0.1, 0.15) is 6.42 Å². The second-order valence-corrected chi connectivity index (χ2v) is 3.82. The fourth-order valence-corrected chi connectivity index (χ4v) is 2.41. The van der Waals surface area contributed by atoms with Crippen LogP contribution in [0.3, 0.4) is 0 Å². The molecule has 2 radical (unpaired) electrons. The summed E-state index contributed by atoms with van der Waals surface area (Å²) in [6.45, 7) is 1.15. The molecule has 0 amide bonds. The Kier molecular flexibility index (Phi) is 2.84. The highest BCUT2D eigenvalue weighted by Crippen LogP contribution is 2.40. The van der Waals surface area contributed by atoms with Gasteiger partial charge in [-0.15, -0.1) is 0 Å². The molecule has 14 heavy (non-hydrogen) atoms. The summed E-state index contributed by atoms with van der Waals surface area (Å²) in [5.41, 5.74) is -0.411. The van der Waals surface area contributed by atoms with E-state index in [-0.39, 0.29) is 12.2 Å². The van der Waals surface area contributed by atoms with Crippen molar-refractivity contribution in [3.8, 4) is 0 Å². The fraction of sp³-hybridized carbons (Fsp3) is 1.00. The van der Waals surface area contributed by atoms with E-state index in [0.29, 0.717) is 13.2 Å². The highest BCUT2D eigenvalue weighted by molar-refractivity contribution is 6.11. The van der Waals surface area contributed by atoms with Gasteiger partial charge in [0.2, 0.25) is 0 Å². The van der Waals surface area contributed by atoms with Crippen LogP contribution in [-0.4, -0.2) is 59.1 Å². The van der Waals surface area contributed by atoms with Crippen LogP contribution in [0.15, 0.2) is 0 Å². The number of methoxy groups -OCH3 is 2. The molecule has 4 unspecified atom stereocenters. The Hall–Kier alpha value is -0.0951. The van der Waals surface area contributed by atoms with E-state index in [0.717, 1.165) is 6.42 Å². The van der Waals surface area contributed by atoms with Crippen LogP contribution in [0.5, 0.6) is 0 Å². The summed E-state index contributed by atoms with van der Waals surface area (Å²) in [5, 5.41) is 0. The highest BCUT2D eigenvalue weighted by atomic mass is 16.6. The van der Waals surface area contributed by atoms with Crippen LogP contribution in [0, 0.1) is 0 Å². The van der Waals surface area contributed by atoms with Gasteiger partial charge in [0.25, 0.3) is 0 Å². The molecule has 2 heterocycles. The number of hydrogen-bond donors (Lipinski definition) is 0. The van der Waals surface area contributed by atoms with Crippen LogP contribution in [0.4, 0.5) is 0 Å². The summed E-state index contributed by atoms with van der Waals surface area (Å²) in [5.74, 6) is 0. The Morgan fingerprint density at radius 3 is 2.93 bits per heavy atom. The zero-order valence-corrected chi connectivity index (χ0v) is 8.56. The van der Waals surface area contributed by atoms with Crippen molar-refractivity contribution in [3.05, 3.63) is 0 Å². The lowest BCUT2D eigenvalue weighted by Gasteiger charge is -2.37. The van der Waals surface area contributed by atoms with Crippen LogP contribution >= 0.6 is 0 Å². The maximum Gasteiger partial charge on any atom is 0.122 e. The van der Waals surface area contributed by atoms with Gasteiger partial charge in [-0.3, -0.25) is 0 Å². The molecular weight excluding hydrogens is 183 g/mol. The second-order valence-electron chi connectivity index (χ2n) is 3.82. The molecule has 4 nitrogen and oxygen atoms in total. The van der Waals surface area contributed by atoms with Crippen molar-refractivity contribution in [2.45, 2.75) is 30.2 Å². The van der Waals surface area contributed by atoms with Crippen molar-refractivity contribution in [3.63, 3.8) is 0 Å². The van der Waals surface area contributed by atoms with Gasteiger partial charge < -0.3 is 18.9 Å². The third kappa shape index (κ3) is 1.39. The topological polar surface area (TPSA) is 36.9 Å². The maximum atomic E-state index is 5.82. The number of hydrogen-bond acceptors (Lipinski definition) is 4. The van der Waals surface area contributed by atoms with Crippen LogP contribution < -0.4 is 0 Å². The molecule has 0 aliphatic carbocycles. The molecule has 0 saturated carbocycles. The molecular formula is C9H15BO4. The third-order valence-corrected chi connectivity index (χ3v) is 2.99. The minimum Gasteiger partial charge on any atom is -0.382 e. The SMILES string of the molecule is [B]C1OC2(COC)CCOC1C2OC. The Bertz CT molecular complexity index is 209. The van der Waals surface area contributed by atoms with Gasteiger partial charge in [0.05, 0.1) is 13.2 Å². The molecule has 0 aromatic rings. The zero-order chi connectivity index (χ0) is 10.2. The third-order valence-electron chi connectivity index (χ3n) is 2.99. The standard InChI is InChI=1S/C9H15BO4/c1-11-5-9-3-4-13-6(7(9)12-2)8(10)14-9/h6-8H,3-5H2,1-2H3. The van der Waals surface area contributed by atoms with Crippen molar-refractivity contribution in [2.24, 2.45) is 0 Å². The average Bonchev–Trinajstić information content (AvgIpc) is 2.30. The van der Waals surface area contributed by atoms with Crippen LogP contribution in [-0.2, 0) is 18.9 Å². The van der Waals surface area contributed by atoms with E-state index in [9.17, 15) is 0 Å². The van der Waals surface area contributed by atoms with Gasteiger partial charge in [-0.2, -0.15) is 0 Å². The van der Waals surface area contributed by atoms with E-state index in [1.54, 1.807) is 14.2 Å². The summed E-state index contributed by atoms with van der Waals surface area (Å²) in [7, 11) is 9.12. The molecule has 2 bridgehead atoms. The summed E-state index contributed by atoms with van der Waals surface area (Å²) >= 11 is 0. The molecule has 2 fully saturated rings. The molecule has 0 spiro atoms. The van der Waals surface area contributed by atoms with Crippen LogP contribution in [0.25, 0.3) is 0 Å². The van der Waals surface area contributed by atoms with Crippen molar-refractivity contribution in [2.75, 3.05) is 27.4 Å². The van der Waals surface area contributed by atoms with Gasteiger partial charge in [-0.05, 0) is 0 Å². The lowest BCUT2D eigenvalue weighted by molar-refractivity contribution is -0.155. The molecule has 0 aromatic heterocycles. The quantitative estimate of drug-likeness (QED) is 0.583. The van der Waals surface area contributed by atoms with E-state index >= 15 is 0 Å². The zero-order valence-electron chi connectivity index (χ0n) is 8.56. The van der Waals surface area contributed by atoms with Gasteiger partial charge in [0.15, 0.2) is 0 Å². The largest absolute Gasteiger partial charge is 0.382 e. The first-order valence-electron chi connectivity index (χ1n) is 4.80. The summed E-state index contributed by atoms with van der Waals surface area (Å²) in [6.07, 6.45) is 0.485. The molecule has 0 aromatic carbocycles. The van der Waals surface area contributed by atoms with Gasteiger partial charge in [0.1, 0.15) is 25.7 Å². The van der Waals surface area contributed by atoms with Crippen molar-refractivity contribution < 1.29 is 18.9 Å². The Labute approximate surface area is 85.3 Å². The highest BCUT2D eigenvalue weighted by Gasteiger charge is 2.56. The van der Waals surface area contributed by atoms with Crippen molar-refractivity contribution >= 4 is 7.85 Å². The van der Waals surface area contributed by atoms with E-state index < -0.39 is 11.6 Å². The van der Waals surface area contributed by atoms with Gasteiger partial charge in [-0.1, -0.05) is 0 Å². The van der Waals surface area contributed by atoms with E-state index in [1.807, 2.05) is 0 Å². The average molecular weight is 198 g/mol. The summed E-state index contributed by atoms with van der Waals surface area (Å²) in [4.78, 5) is 0. The Balaban J connectivity index is 2.20. The predicted octanol–water partition coefficient (Wildman–Crippen LogP) is -0.300. The van der Waals surface area contributed by atoms with E-state index in [2.05, 4.69) is 0 Å². The maximum absolute atomic E-state index is 5.82. The lowest BCUT2D eigenvalue weighted by atomic mass is 9.86. The summed E-state index contributed by atoms with van der Waals surface area (Å²) in [6, 6.07) is -0.405. The number of rotatable bonds is 3. The predicted molar refractivity (Wildman–Crippen MR) is 50.4 cm³/mol. The second kappa shape index (κ2) is 3.81. The minimum absolute atomic E-state index is 0.119. The van der Waals surface area contributed by atoms with Crippen molar-refractivity contribution in [1.29, 1.82) is 0 Å². The van der Waals surface area contributed by atoms with Crippen LogP contribution in [0.2, 0.25) is 0 Å². The molecule has 78 valence electrons. The first-order chi connectivity index (χ1) is 6.73. The van der Waals surface area contributed by atoms with E-state index in [1.165, 1.54) is 0 Å². The Morgan fingerprint density at radius 2 is 2.29 bits per heavy atom. The summed E-state index contributed by atoms with van der Waals surface area (Å²) < 4.78 is 21.8. The Morgan fingerprint density at radius 1 is 1.50 bits per heavy atom. The fourth-order valence-electron chi connectivity index (χ4n) is 2.41. The molecule has 2 rings (SSSR count). The van der Waals surface area contributed by atoms with E-state index in [4.69, 9.17) is 26.8 Å². The molecule has 5 heteroatoms. The first-order valence-corrected chi connectivity index (χ1v) is 4.80.